The second kappa shape index (κ2) is 7.90. The van der Waals surface area contributed by atoms with Crippen LogP contribution in [0.5, 0.6) is 0 Å². The molecule has 3 aliphatic carbocycles. The van der Waals surface area contributed by atoms with E-state index in [2.05, 4.69) is 29.7 Å². The molecule has 7 nitrogen and oxygen atoms in total. The number of carboxylic acids is 1. The molecule has 0 bridgehead atoms. The van der Waals surface area contributed by atoms with Gasteiger partial charge in [0, 0.05) is 11.5 Å². The number of amides is 2. The average molecular weight is 449 g/mol. The largest absolute Gasteiger partial charge is 0.481 e. The monoisotopic (exact) mass is 448 g/mol. The number of carbonyl (C=O) groups excluding carboxylic acids is 2. The van der Waals surface area contributed by atoms with E-state index in [4.69, 9.17) is 4.74 Å². The van der Waals surface area contributed by atoms with E-state index in [0.717, 1.165) is 47.9 Å². The van der Waals surface area contributed by atoms with E-state index in [1.54, 1.807) is 0 Å². The zero-order chi connectivity index (χ0) is 23.2. The molecule has 2 amide bonds. The summed E-state index contributed by atoms with van der Waals surface area (Å²) in [4.78, 5) is 36.8. The summed E-state index contributed by atoms with van der Waals surface area (Å²) in [7, 11) is 0. The van der Waals surface area contributed by atoms with Crippen molar-refractivity contribution < 1.29 is 24.2 Å². The summed E-state index contributed by atoms with van der Waals surface area (Å²) in [6.07, 6.45) is 2.59. The zero-order valence-electron chi connectivity index (χ0n) is 18.6. The van der Waals surface area contributed by atoms with Gasteiger partial charge in [0.2, 0.25) is 5.91 Å². The van der Waals surface area contributed by atoms with E-state index in [-0.39, 0.29) is 23.5 Å². The van der Waals surface area contributed by atoms with Crippen molar-refractivity contribution in [2.45, 2.75) is 56.5 Å². The summed E-state index contributed by atoms with van der Waals surface area (Å²) in [5.74, 6) is -1.73. The fraction of sp³-hybridized carbons (Fsp3) is 0.423. The number of ether oxygens (including phenoxy) is 1. The van der Waals surface area contributed by atoms with Crippen molar-refractivity contribution in [2.75, 3.05) is 6.61 Å². The smallest absolute Gasteiger partial charge is 0.407 e. The number of aliphatic carboxylic acids is 1. The molecule has 1 atom stereocenters. The van der Waals surface area contributed by atoms with Crippen molar-refractivity contribution >= 4 is 18.0 Å². The molecule has 0 aliphatic heterocycles. The van der Waals surface area contributed by atoms with Crippen molar-refractivity contribution in [2.24, 2.45) is 5.41 Å². The fourth-order valence-corrected chi connectivity index (χ4v) is 5.16. The molecule has 2 aromatic carbocycles. The van der Waals surface area contributed by atoms with E-state index in [0.29, 0.717) is 0 Å². The maximum atomic E-state index is 12.9. The maximum absolute atomic E-state index is 12.9. The number of rotatable bonds is 8. The highest BCUT2D eigenvalue weighted by atomic mass is 16.5. The van der Waals surface area contributed by atoms with Crippen LogP contribution >= 0.6 is 0 Å². The molecule has 0 saturated heterocycles. The van der Waals surface area contributed by atoms with Gasteiger partial charge in [-0.3, -0.25) is 9.59 Å². The number of carbonyl (C=O) groups is 3. The number of nitrogens with one attached hydrogen (secondary N) is 2. The number of fused-ring (bicyclic) bond motifs is 3. The van der Waals surface area contributed by atoms with Crippen LogP contribution in [-0.2, 0) is 14.3 Å². The highest BCUT2D eigenvalue weighted by Gasteiger charge is 2.63. The van der Waals surface area contributed by atoms with E-state index < -0.39 is 30.4 Å². The molecule has 172 valence electrons. The first-order chi connectivity index (χ1) is 15.8. The Morgan fingerprint density at radius 1 is 1.00 bits per heavy atom. The third-order valence-electron chi connectivity index (χ3n) is 7.60. The summed E-state index contributed by atoms with van der Waals surface area (Å²) >= 11 is 0. The predicted octanol–water partition coefficient (Wildman–Crippen LogP) is 3.82. The van der Waals surface area contributed by atoms with Gasteiger partial charge in [-0.2, -0.15) is 0 Å². The van der Waals surface area contributed by atoms with Crippen LogP contribution in [0.4, 0.5) is 4.79 Å². The first-order valence-electron chi connectivity index (χ1n) is 11.5. The molecule has 0 heterocycles. The topological polar surface area (TPSA) is 105 Å². The van der Waals surface area contributed by atoms with Gasteiger partial charge >= 0.3 is 12.1 Å². The number of benzene rings is 2. The van der Waals surface area contributed by atoms with Gasteiger partial charge in [0.15, 0.2) is 0 Å². The first kappa shape index (κ1) is 21.5. The van der Waals surface area contributed by atoms with Crippen molar-refractivity contribution in [1.82, 2.24) is 10.6 Å². The lowest BCUT2D eigenvalue weighted by Crippen LogP contribution is -2.53. The first-order valence-corrected chi connectivity index (χ1v) is 11.5. The van der Waals surface area contributed by atoms with E-state index in [9.17, 15) is 19.5 Å². The second-order valence-electron chi connectivity index (χ2n) is 9.75. The Labute approximate surface area is 192 Å². The number of hydrogen-bond donors (Lipinski definition) is 3. The lowest BCUT2D eigenvalue weighted by molar-refractivity contribution is -0.140. The van der Waals surface area contributed by atoms with Gasteiger partial charge in [0.25, 0.3) is 0 Å². The maximum Gasteiger partial charge on any atom is 0.407 e. The fourth-order valence-electron chi connectivity index (χ4n) is 5.16. The number of alkyl carbamates (subject to hydrolysis) is 1. The summed E-state index contributed by atoms with van der Waals surface area (Å²) in [5, 5.41) is 14.8. The minimum absolute atomic E-state index is 0.0835. The molecule has 0 spiro atoms. The van der Waals surface area contributed by atoms with Crippen molar-refractivity contribution in [3.05, 3.63) is 59.7 Å². The van der Waals surface area contributed by atoms with Gasteiger partial charge < -0.3 is 20.5 Å². The normalized spacial score (nSPS) is 19.5. The molecule has 1 unspecified atom stereocenters. The molecule has 3 aliphatic rings. The van der Waals surface area contributed by atoms with Gasteiger partial charge in [0.1, 0.15) is 12.6 Å². The van der Waals surface area contributed by atoms with Crippen LogP contribution < -0.4 is 10.6 Å². The highest BCUT2D eigenvalue weighted by molar-refractivity contribution is 5.90. The van der Waals surface area contributed by atoms with Crippen LogP contribution in [0.2, 0.25) is 0 Å². The molecular formula is C26H28N2O5. The lowest BCUT2D eigenvalue weighted by atomic mass is 9.95. The summed E-state index contributed by atoms with van der Waals surface area (Å²) in [6.45, 7) is 2.24. The molecule has 2 saturated carbocycles. The molecule has 3 N–H and O–H groups in total. The van der Waals surface area contributed by atoms with Crippen LogP contribution in [-0.4, -0.2) is 41.3 Å². The molecule has 5 rings (SSSR count). The SMILES string of the molecule is CC1(C2(NC(=O)C(CC(=O)O)NC(=O)OCC3c4ccccc4-c4ccccc43)CC2)CC1. The van der Waals surface area contributed by atoms with E-state index >= 15 is 0 Å². The van der Waals surface area contributed by atoms with Crippen LogP contribution in [0.3, 0.4) is 0 Å². The Bertz CT molecular complexity index is 1070. The molecule has 2 aromatic rings. The van der Waals surface area contributed by atoms with Crippen LogP contribution in [0.1, 0.15) is 56.1 Å². The summed E-state index contributed by atoms with van der Waals surface area (Å²) < 4.78 is 5.50. The average Bonchev–Trinajstić information content (AvgIpc) is 3.71. The van der Waals surface area contributed by atoms with Gasteiger partial charge in [-0.05, 0) is 53.4 Å². The minimum Gasteiger partial charge on any atom is -0.481 e. The highest BCUT2D eigenvalue weighted by Crippen LogP contribution is 2.63. The third-order valence-corrected chi connectivity index (χ3v) is 7.60. The van der Waals surface area contributed by atoms with Crippen LogP contribution in [0.15, 0.2) is 48.5 Å². The molecule has 2 fully saturated rings. The number of hydrogen-bond acceptors (Lipinski definition) is 4. The van der Waals surface area contributed by atoms with Crippen molar-refractivity contribution in [3.8, 4) is 11.1 Å². The van der Waals surface area contributed by atoms with E-state index in [1.807, 2.05) is 36.4 Å². The number of carboxylic acid groups (broad SMARTS) is 1. The summed E-state index contributed by atoms with van der Waals surface area (Å²) in [6, 6.07) is 14.8. The Morgan fingerprint density at radius 2 is 1.58 bits per heavy atom. The third kappa shape index (κ3) is 3.96. The Hall–Kier alpha value is -3.35. The molecule has 0 aromatic heterocycles. The van der Waals surface area contributed by atoms with Gasteiger partial charge in [0.05, 0.1) is 6.42 Å². The Balaban J connectivity index is 1.24. The Kier molecular flexibility index (Phi) is 5.15. The molecule has 0 radical (unpaired) electrons. The Morgan fingerprint density at radius 3 is 2.09 bits per heavy atom. The minimum atomic E-state index is -1.18. The van der Waals surface area contributed by atoms with Gasteiger partial charge in [-0.25, -0.2) is 4.79 Å². The van der Waals surface area contributed by atoms with Crippen molar-refractivity contribution in [1.29, 1.82) is 0 Å². The van der Waals surface area contributed by atoms with Gasteiger partial charge in [-0.1, -0.05) is 55.5 Å². The van der Waals surface area contributed by atoms with Crippen LogP contribution in [0, 0.1) is 5.41 Å². The standard InChI is InChI=1S/C26H28N2O5/c1-25(10-11-25)26(12-13-26)28-23(31)21(14-22(29)30)27-24(32)33-15-20-18-8-4-2-6-16(18)17-7-3-5-9-19(17)20/h2-9,20-21H,10-15H2,1H3,(H,27,32)(H,28,31)(H,29,30). The second-order valence-corrected chi connectivity index (χ2v) is 9.75. The van der Waals surface area contributed by atoms with Crippen LogP contribution in [0.25, 0.3) is 11.1 Å². The predicted molar refractivity (Wildman–Crippen MR) is 122 cm³/mol. The molecular weight excluding hydrogens is 420 g/mol. The molecule has 7 heteroatoms. The summed E-state index contributed by atoms with van der Waals surface area (Å²) in [5.41, 5.74) is 4.23. The van der Waals surface area contributed by atoms with E-state index in [1.165, 1.54) is 0 Å². The zero-order valence-corrected chi connectivity index (χ0v) is 18.6. The lowest BCUT2D eigenvalue weighted by Gasteiger charge is -2.27. The molecule has 33 heavy (non-hydrogen) atoms. The van der Waals surface area contributed by atoms with Gasteiger partial charge in [-0.15, -0.1) is 0 Å². The quantitative estimate of drug-likeness (QED) is 0.570. The van der Waals surface area contributed by atoms with Crippen molar-refractivity contribution in [3.63, 3.8) is 0 Å².